The van der Waals surface area contributed by atoms with Crippen molar-refractivity contribution >= 4 is 0 Å². The minimum atomic E-state index is -0.0338. The predicted octanol–water partition coefficient (Wildman–Crippen LogP) is 1.71. The highest BCUT2D eigenvalue weighted by molar-refractivity contribution is 4.96. The summed E-state index contributed by atoms with van der Waals surface area (Å²) in [6, 6.07) is 0. The van der Waals surface area contributed by atoms with E-state index in [0.29, 0.717) is 6.10 Å². The SMILES string of the molecule is COC1CCCC2(CNCC(C)(C)O2)C1. The summed E-state index contributed by atoms with van der Waals surface area (Å²) in [5, 5.41) is 3.50. The van der Waals surface area contributed by atoms with Crippen LogP contribution in [0, 0.1) is 0 Å². The first-order chi connectivity index (χ1) is 7.05. The van der Waals surface area contributed by atoms with Crippen LogP contribution in [0.2, 0.25) is 0 Å². The van der Waals surface area contributed by atoms with Crippen molar-refractivity contribution in [2.24, 2.45) is 0 Å². The van der Waals surface area contributed by atoms with Crippen molar-refractivity contribution in [1.29, 1.82) is 0 Å². The van der Waals surface area contributed by atoms with Crippen molar-refractivity contribution in [3.05, 3.63) is 0 Å². The molecule has 1 saturated heterocycles. The van der Waals surface area contributed by atoms with Crippen molar-refractivity contribution in [3.8, 4) is 0 Å². The highest BCUT2D eigenvalue weighted by Gasteiger charge is 2.44. The number of ether oxygens (including phenoxy) is 2. The molecule has 0 aromatic carbocycles. The predicted molar refractivity (Wildman–Crippen MR) is 60.0 cm³/mol. The van der Waals surface area contributed by atoms with E-state index in [9.17, 15) is 0 Å². The highest BCUT2D eigenvalue weighted by atomic mass is 16.5. The molecule has 2 aliphatic rings. The molecule has 2 atom stereocenters. The Labute approximate surface area is 92.5 Å². The zero-order chi connectivity index (χ0) is 10.9. The maximum absolute atomic E-state index is 6.29. The van der Waals surface area contributed by atoms with E-state index in [1.807, 2.05) is 7.11 Å². The minimum Gasteiger partial charge on any atom is -0.381 e. The lowest BCUT2D eigenvalue weighted by molar-refractivity contribution is -0.190. The minimum absolute atomic E-state index is 0.0284. The fraction of sp³-hybridized carbons (Fsp3) is 1.00. The van der Waals surface area contributed by atoms with E-state index in [4.69, 9.17) is 9.47 Å². The molecule has 0 amide bonds. The van der Waals surface area contributed by atoms with Gasteiger partial charge in [-0.2, -0.15) is 0 Å². The van der Waals surface area contributed by atoms with Crippen molar-refractivity contribution in [3.63, 3.8) is 0 Å². The van der Waals surface area contributed by atoms with Gasteiger partial charge in [0.15, 0.2) is 0 Å². The van der Waals surface area contributed by atoms with Crippen molar-refractivity contribution in [1.82, 2.24) is 5.32 Å². The lowest BCUT2D eigenvalue weighted by Gasteiger charge is -2.49. The van der Waals surface area contributed by atoms with Crippen LogP contribution in [0.5, 0.6) is 0 Å². The second kappa shape index (κ2) is 4.04. The van der Waals surface area contributed by atoms with Crippen LogP contribution in [-0.2, 0) is 9.47 Å². The third-order valence-electron chi connectivity index (χ3n) is 3.58. The molecule has 1 heterocycles. The first kappa shape index (κ1) is 11.4. The first-order valence-corrected chi connectivity index (χ1v) is 5.99. The van der Waals surface area contributed by atoms with Gasteiger partial charge >= 0.3 is 0 Å². The van der Waals surface area contributed by atoms with E-state index in [2.05, 4.69) is 19.2 Å². The molecule has 15 heavy (non-hydrogen) atoms. The summed E-state index contributed by atoms with van der Waals surface area (Å²) < 4.78 is 11.8. The summed E-state index contributed by atoms with van der Waals surface area (Å²) in [5.41, 5.74) is -0.00540. The molecule has 1 aliphatic heterocycles. The summed E-state index contributed by atoms with van der Waals surface area (Å²) >= 11 is 0. The van der Waals surface area contributed by atoms with Gasteiger partial charge in [0.1, 0.15) is 0 Å². The van der Waals surface area contributed by atoms with Crippen molar-refractivity contribution in [2.45, 2.75) is 56.8 Å². The van der Waals surface area contributed by atoms with Crippen LogP contribution in [0.1, 0.15) is 39.5 Å². The van der Waals surface area contributed by atoms with E-state index in [1.54, 1.807) is 0 Å². The number of rotatable bonds is 1. The van der Waals surface area contributed by atoms with E-state index in [0.717, 1.165) is 19.5 Å². The summed E-state index contributed by atoms with van der Waals surface area (Å²) in [5.74, 6) is 0. The van der Waals surface area contributed by atoms with Gasteiger partial charge in [0.2, 0.25) is 0 Å². The second-order valence-corrected chi connectivity index (χ2v) is 5.60. The summed E-state index contributed by atoms with van der Waals surface area (Å²) in [4.78, 5) is 0. The number of morpholine rings is 1. The van der Waals surface area contributed by atoms with Gasteiger partial charge in [-0.15, -0.1) is 0 Å². The zero-order valence-corrected chi connectivity index (χ0v) is 10.1. The van der Waals surface area contributed by atoms with Gasteiger partial charge in [-0.1, -0.05) is 0 Å². The quantitative estimate of drug-likeness (QED) is 0.719. The normalized spacial score (nSPS) is 40.6. The van der Waals surface area contributed by atoms with Crippen LogP contribution < -0.4 is 5.32 Å². The van der Waals surface area contributed by atoms with Crippen LogP contribution in [-0.4, -0.2) is 37.5 Å². The Morgan fingerprint density at radius 2 is 2.13 bits per heavy atom. The number of methoxy groups -OCH3 is 1. The van der Waals surface area contributed by atoms with Crippen LogP contribution in [0.4, 0.5) is 0 Å². The maximum atomic E-state index is 6.29. The average molecular weight is 213 g/mol. The molecule has 1 saturated carbocycles. The Balaban J connectivity index is 2.05. The smallest absolute Gasteiger partial charge is 0.0838 e. The molecule has 0 bridgehead atoms. The van der Waals surface area contributed by atoms with E-state index >= 15 is 0 Å². The summed E-state index contributed by atoms with van der Waals surface area (Å²) in [6.45, 7) is 6.26. The molecular weight excluding hydrogens is 190 g/mol. The molecule has 2 rings (SSSR count). The number of hydrogen-bond acceptors (Lipinski definition) is 3. The van der Waals surface area contributed by atoms with Crippen LogP contribution >= 0.6 is 0 Å². The Kier molecular flexibility index (Phi) is 3.06. The fourth-order valence-corrected chi connectivity index (χ4v) is 2.98. The molecule has 0 radical (unpaired) electrons. The largest absolute Gasteiger partial charge is 0.381 e. The molecule has 3 heteroatoms. The van der Waals surface area contributed by atoms with Crippen molar-refractivity contribution in [2.75, 3.05) is 20.2 Å². The summed E-state index contributed by atoms with van der Waals surface area (Å²) in [6.07, 6.45) is 5.00. The third kappa shape index (κ3) is 2.52. The Morgan fingerprint density at radius 3 is 2.80 bits per heavy atom. The topological polar surface area (TPSA) is 30.5 Å². The van der Waals surface area contributed by atoms with E-state index in [-0.39, 0.29) is 11.2 Å². The molecule has 2 fully saturated rings. The van der Waals surface area contributed by atoms with E-state index in [1.165, 1.54) is 19.3 Å². The average Bonchev–Trinajstić information content (AvgIpc) is 2.15. The molecule has 1 N–H and O–H groups in total. The molecule has 1 spiro atoms. The second-order valence-electron chi connectivity index (χ2n) is 5.60. The molecule has 0 aromatic rings. The van der Waals surface area contributed by atoms with Crippen LogP contribution in [0.3, 0.4) is 0 Å². The molecule has 0 aromatic heterocycles. The van der Waals surface area contributed by atoms with Crippen LogP contribution in [0.25, 0.3) is 0 Å². The molecule has 88 valence electrons. The van der Waals surface area contributed by atoms with Gasteiger partial charge in [-0.3, -0.25) is 0 Å². The molecule has 2 unspecified atom stereocenters. The van der Waals surface area contributed by atoms with Gasteiger partial charge in [-0.25, -0.2) is 0 Å². The first-order valence-electron chi connectivity index (χ1n) is 5.99. The van der Waals surface area contributed by atoms with Gasteiger partial charge in [0, 0.05) is 26.6 Å². The van der Waals surface area contributed by atoms with Gasteiger partial charge in [0.25, 0.3) is 0 Å². The maximum Gasteiger partial charge on any atom is 0.0838 e. The third-order valence-corrected chi connectivity index (χ3v) is 3.58. The molecule has 3 nitrogen and oxygen atoms in total. The van der Waals surface area contributed by atoms with Gasteiger partial charge in [0.05, 0.1) is 17.3 Å². The number of hydrogen-bond donors (Lipinski definition) is 1. The fourth-order valence-electron chi connectivity index (χ4n) is 2.98. The summed E-state index contributed by atoms with van der Waals surface area (Å²) in [7, 11) is 1.81. The van der Waals surface area contributed by atoms with Gasteiger partial charge < -0.3 is 14.8 Å². The number of nitrogens with one attached hydrogen (secondary N) is 1. The lowest BCUT2D eigenvalue weighted by Crippen LogP contribution is -2.60. The zero-order valence-electron chi connectivity index (χ0n) is 10.1. The highest BCUT2D eigenvalue weighted by Crippen LogP contribution is 2.37. The Morgan fingerprint density at radius 1 is 1.33 bits per heavy atom. The lowest BCUT2D eigenvalue weighted by atomic mass is 9.81. The Bertz CT molecular complexity index is 226. The van der Waals surface area contributed by atoms with Crippen LogP contribution in [0.15, 0.2) is 0 Å². The molecular formula is C12H23NO2. The standard InChI is InChI=1S/C12H23NO2/c1-11(2)8-13-9-12(15-11)6-4-5-10(7-12)14-3/h10,13H,4-9H2,1-3H3. The molecule has 1 aliphatic carbocycles. The van der Waals surface area contributed by atoms with Gasteiger partial charge in [-0.05, 0) is 33.1 Å². The van der Waals surface area contributed by atoms with E-state index < -0.39 is 0 Å². The Hall–Kier alpha value is -0.120. The monoisotopic (exact) mass is 213 g/mol. The van der Waals surface area contributed by atoms with Crippen molar-refractivity contribution < 1.29 is 9.47 Å².